The molecule has 2 atom stereocenters. The Kier molecular flexibility index (Phi) is 4.82. The van der Waals surface area contributed by atoms with Crippen LogP contribution < -0.4 is 5.69 Å². The van der Waals surface area contributed by atoms with E-state index in [0.717, 1.165) is 27.8 Å². The standard InChI is InChI=1S/C25H24N6O3/c1-15-8-9-30-20(12-15)18(13-27-30)23-26-14-21-24(28-23)31(25(34)29(21)10-11-32)19-6-7-22(33)17-5-3-2-4-16(17)19/h2-5,8-9,12-14,19,22,32-33H,6-7,10-11H2,1H3. The minimum Gasteiger partial charge on any atom is -0.395 e. The molecule has 2 N–H and O–H groups in total. The van der Waals surface area contributed by atoms with Crippen LogP contribution >= 0.6 is 0 Å². The van der Waals surface area contributed by atoms with E-state index in [1.165, 1.54) is 4.57 Å². The van der Waals surface area contributed by atoms with Crippen LogP contribution in [0.25, 0.3) is 28.1 Å². The Labute approximate surface area is 194 Å². The average molecular weight is 457 g/mol. The third-order valence-corrected chi connectivity index (χ3v) is 6.69. The first kappa shape index (κ1) is 20.8. The van der Waals surface area contributed by atoms with Crippen molar-refractivity contribution in [3.8, 4) is 11.4 Å². The van der Waals surface area contributed by atoms with E-state index in [2.05, 4.69) is 10.1 Å². The molecule has 172 valence electrons. The molecule has 0 fully saturated rings. The summed E-state index contributed by atoms with van der Waals surface area (Å²) in [6, 6.07) is 11.4. The normalized spacial score (nSPS) is 18.0. The summed E-state index contributed by atoms with van der Waals surface area (Å²) in [6.45, 7) is 1.99. The quantitative estimate of drug-likeness (QED) is 0.430. The number of hydrogen-bond acceptors (Lipinski definition) is 6. The van der Waals surface area contributed by atoms with Gasteiger partial charge in [-0.15, -0.1) is 0 Å². The summed E-state index contributed by atoms with van der Waals surface area (Å²) in [5, 5.41) is 24.6. The summed E-state index contributed by atoms with van der Waals surface area (Å²) in [5.41, 5.74) is 5.33. The van der Waals surface area contributed by atoms with Crippen molar-refractivity contribution in [2.45, 2.75) is 38.5 Å². The molecule has 5 aromatic rings. The fourth-order valence-corrected chi connectivity index (χ4v) is 5.06. The van der Waals surface area contributed by atoms with Gasteiger partial charge in [-0.25, -0.2) is 19.3 Å². The van der Waals surface area contributed by atoms with E-state index in [-0.39, 0.29) is 24.9 Å². The zero-order valence-electron chi connectivity index (χ0n) is 18.7. The maximum Gasteiger partial charge on any atom is 0.331 e. The van der Waals surface area contributed by atoms with Gasteiger partial charge in [-0.1, -0.05) is 24.3 Å². The largest absolute Gasteiger partial charge is 0.395 e. The molecule has 0 saturated carbocycles. The molecule has 2 unspecified atom stereocenters. The first-order valence-corrected chi connectivity index (χ1v) is 11.4. The number of rotatable bonds is 4. The van der Waals surface area contributed by atoms with Crippen LogP contribution in [0.1, 0.15) is 41.7 Å². The fourth-order valence-electron chi connectivity index (χ4n) is 5.06. The van der Waals surface area contributed by atoms with Crippen LogP contribution in [0.4, 0.5) is 0 Å². The molecular formula is C25H24N6O3. The Balaban J connectivity index is 1.60. The topological polar surface area (TPSA) is 110 Å². The maximum atomic E-state index is 13.6. The van der Waals surface area contributed by atoms with Gasteiger partial charge in [-0.3, -0.25) is 9.13 Å². The highest BCUT2D eigenvalue weighted by Gasteiger charge is 2.31. The molecule has 4 aromatic heterocycles. The number of aliphatic hydroxyl groups excluding tert-OH is 2. The van der Waals surface area contributed by atoms with Crippen molar-refractivity contribution in [1.82, 2.24) is 28.7 Å². The minimum atomic E-state index is -0.554. The van der Waals surface area contributed by atoms with Gasteiger partial charge in [0.1, 0.15) is 5.52 Å². The molecule has 6 rings (SSSR count). The van der Waals surface area contributed by atoms with Crippen molar-refractivity contribution in [3.05, 3.63) is 82.2 Å². The van der Waals surface area contributed by atoms with Crippen molar-refractivity contribution < 1.29 is 10.2 Å². The number of hydrogen-bond donors (Lipinski definition) is 2. The van der Waals surface area contributed by atoms with Gasteiger partial charge in [-0.2, -0.15) is 5.10 Å². The number of aromatic nitrogens is 6. The second-order valence-corrected chi connectivity index (χ2v) is 8.76. The Morgan fingerprint density at radius 1 is 1.09 bits per heavy atom. The second kappa shape index (κ2) is 7.89. The van der Waals surface area contributed by atoms with Crippen molar-refractivity contribution >= 4 is 16.7 Å². The summed E-state index contributed by atoms with van der Waals surface area (Å²) < 4.78 is 4.99. The van der Waals surface area contributed by atoms with E-state index < -0.39 is 6.10 Å². The zero-order chi connectivity index (χ0) is 23.4. The van der Waals surface area contributed by atoms with Crippen molar-refractivity contribution in [1.29, 1.82) is 0 Å². The molecule has 4 heterocycles. The minimum absolute atomic E-state index is 0.151. The summed E-state index contributed by atoms with van der Waals surface area (Å²) in [6.07, 6.45) is 5.87. The third-order valence-electron chi connectivity index (χ3n) is 6.69. The third kappa shape index (κ3) is 3.08. The molecule has 1 aliphatic carbocycles. The highest BCUT2D eigenvalue weighted by atomic mass is 16.3. The van der Waals surface area contributed by atoms with Gasteiger partial charge in [-0.05, 0) is 48.6 Å². The number of nitrogens with zero attached hydrogens (tertiary/aromatic N) is 6. The summed E-state index contributed by atoms with van der Waals surface area (Å²) in [7, 11) is 0. The predicted molar refractivity (Wildman–Crippen MR) is 127 cm³/mol. The summed E-state index contributed by atoms with van der Waals surface area (Å²) >= 11 is 0. The van der Waals surface area contributed by atoms with Gasteiger partial charge in [0, 0.05) is 6.20 Å². The molecular weight excluding hydrogens is 432 g/mol. The predicted octanol–water partition coefficient (Wildman–Crippen LogP) is 2.63. The lowest BCUT2D eigenvalue weighted by Crippen LogP contribution is -2.31. The Morgan fingerprint density at radius 2 is 1.91 bits per heavy atom. The van der Waals surface area contributed by atoms with Crippen LogP contribution in [0.15, 0.2) is 59.8 Å². The molecule has 1 aliphatic rings. The molecule has 0 spiro atoms. The van der Waals surface area contributed by atoms with Crippen LogP contribution in [-0.4, -0.2) is 45.5 Å². The number of imidazole rings is 1. The van der Waals surface area contributed by atoms with E-state index in [0.29, 0.717) is 29.8 Å². The molecule has 0 amide bonds. The van der Waals surface area contributed by atoms with Gasteiger partial charge in [0.05, 0.1) is 48.8 Å². The van der Waals surface area contributed by atoms with Crippen LogP contribution in [0.3, 0.4) is 0 Å². The Hall–Kier alpha value is -3.82. The molecule has 0 radical (unpaired) electrons. The van der Waals surface area contributed by atoms with Crippen LogP contribution in [-0.2, 0) is 6.54 Å². The van der Waals surface area contributed by atoms with Gasteiger partial charge in [0.15, 0.2) is 11.5 Å². The molecule has 0 bridgehead atoms. The molecule has 1 aromatic carbocycles. The number of fused-ring (bicyclic) bond motifs is 3. The van der Waals surface area contributed by atoms with Gasteiger partial charge in [0.25, 0.3) is 0 Å². The average Bonchev–Trinajstić information content (AvgIpc) is 3.38. The lowest BCUT2D eigenvalue weighted by molar-refractivity contribution is 0.147. The van der Waals surface area contributed by atoms with E-state index in [1.54, 1.807) is 21.5 Å². The maximum absolute atomic E-state index is 13.6. The van der Waals surface area contributed by atoms with Crippen LogP contribution in [0.2, 0.25) is 0 Å². The molecule has 9 nitrogen and oxygen atoms in total. The lowest BCUT2D eigenvalue weighted by Gasteiger charge is -2.29. The van der Waals surface area contributed by atoms with E-state index in [1.807, 2.05) is 49.5 Å². The van der Waals surface area contributed by atoms with E-state index in [4.69, 9.17) is 4.98 Å². The molecule has 34 heavy (non-hydrogen) atoms. The smallest absolute Gasteiger partial charge is 0.331 e. The molecule has 9 heteroatoms. The Morgan fingerprint density at radius 3 is 2.74 bits per heavy atom. The second-order valence-electron chi connectivity index (χ2n) is 8.76. The Bertz CT molecular complexity index is 1600. The van der Waals surface area contributed by atoms with Crippen LogP contribution in [0, 0.1) is 6.92 Å². The highest BCUT2D eigenvalue weighted by molar-refractivity contribution is 5.80. The SMILES string of the molecule is Cc1ccn2ncc(-c3ncc4c(n3)n(C3CCC(O)c5ccccc53)c(=O)n4CCO)c2c1. The van der Waals surface area contributed by atoms with Crippen LogP contribution in [0.5, 0.6) is 0 Å². The first-order chi connectivity index (χ1) is 16.6. The monoisotopic (exact) mass is 456 g/mol. The summed E-state index contributed by atoms with van der Waals surface area (Å²) in [5.74, 6) is 0.479. The lowest BCUT2D eigenvalue weighted by atomic mass is 9.85. The number of pyridine rings is 1. The van der Waals surface area contributed by atoms with E-state index >= 15 is 0 Å². The molecule has 0 saturated heterocycles. The van der Waals surface area contributed by atoms with Gasteiger partial charge < -0.3 is 10.2 Å². The molecule has 0 aliphatic heterocycles. The number of aryl methyl sites for hydroxylation is 1. The van der Waals surface area contributed by atoms with Crippen molar-refractivity contribution in [3.63, 3.8) is 0 Å². The number of aliphatic hydroxyl groups is 2. The summed E-state index contributed by atoms with van der Waals surface area (Å²) in [4.78, 5) is 23.0. The first-order valence-electron chi connectivity index (χ1n) is 11.4. The fraction of sp³-hybridized carbons (Fsp3) is 0.280. The van der Waals surface area contributed by atoms with Gasteiger partial charge >= 0.3 is 5.69 Å². The van der Waals surface area contributed by atoms with Crippen molar-refractivity contribution in [2.24, 2.45) is 0 Å². The van der Waals surface area contributed by atoms with Crippen molar-refractivity contribution in [2.75, 3.05) is 6.61 Å². The highest BCUT2D eigenvalue weighted by Crippen LogP contribution is 2.39. The number of benzene rings is 1. The van der Waals surface area contributed by atoms with Gasteiger partial charge in [0.2, 0.25) is 0 Å². The van der Waals surface area contributed by atoms with E-state index in [9.17, 15) is 15.0 Å². The zero-order valence-corrected chi connectivity index (χ0v) is 18.7.